The van der Waals surface area contributed by atoms with Crippen LogP contribution in [0.4, 0.5) is 13.2 Å². The van der Waals surface area contributed by atoms with Crippen molar-refractivity contribution in [2.24, 2.45) is 0 Å². The van der Waals surface area contributed by atoms with E-state index in [4.69, 9.17) is 13.9 Å². The first-order valence-electron chi connectivity index (χ1n) is 10.2. The zero-order chi connectivity index (χ0) is 23.9. The van der Waals surface area contributed by atoms with Crippen LogP contribution in [0.15, 0.2) is 74.6 Å². The molecule has 34 heavy (non-hydrogen) atoms. The summed E-state index contributed by atoms with van der Waals surface area (Å²) in [6, 6.07) is 12.9. The normalized spacial score (nSPS) is 14.0. The van der Waals surface area contributed by atoms with Crippen LogP contribution in [0, 0.1) is 0 Å². The number of pyridine rings is 1. The molecule has 0 radical (unpaired) electrons. The number of nitrogens with zero attached hydrogens (tertiary/aromatic N) is 2. The lowest BCUT2D eigenvalue weighted by Crippen LogP contribution is -2.32. The maximum Gasteiger partial charge on any atom is 0.453 e. The number of hydrogen-bond donors (Lipinski definition) is 0. The van der Waals surface area contributed by atoms with E-state index in [9.17, 15) is 18.0 Å². The molecule has 0 amide bonds. The molecule has 0 unspecified atom stereocenters. The molecule has 0 fully saturated rings. The summed E-state index contributed by atoms with van der Waals surface area (Å²) >= 11 is 3.22. The Hall–Kier alpha value is -3.37. The first kappa shape index (κ1) is 22.4. The van der Waals surface area contributed by atoms with Crippen LogP contribution in [0.3, 0.4) is 0 Å². The van der Waals surface area contributed by atoms with Gasteiger partial charge < -0.3 is 13.9 Å². The molecule has 2 aromatic carbocycles. The average molecular weight is 533 g/mol. The molecule has 174 valence electrons. The zero-order valence-corrected chi connectivity index (χ0v) is 19.0. The standard InChI is InChI=1S/C24H16BrF3N2O4/c25-17-5-1-2-6-19(17)33-22-20(31)15-7-8-18-16(21(15)34-23(22)24(26,27)28)12-30(13-32-18)11-14-4-3-9-29-10-14/h1-10H,11-13H2. The third-order valence-electron chi connectivity index (χ3n) is 5.30. The highest BCUT2D eigenvalue weighted by Crippen LogP contribution is 2.41. The minimum absolute atomic E-state index is 0.0272. The van der Waals surface area contributed by atoms with Crippen LogP contribution >= 0.6 is 15.9 Å². The van der Waals surface area contributed by atoms with Gasteiger partial charge in [0.2, 0.25) is 11.2 Å². The molecule has 0 aliphatic carbocycles. The van der Waals surface area contributed by atoms with E-state index in [-0.39, 0.29) is 30.0 Å². The van der Waals surface area contributed by atoms with Gasteiger partial charge in [0, 0.05) is 25.5 Å². The molecule has 0 saturated carbocycles. The quantitative estimate of drug-likeness (QED) is 0.315. The molecule has 0 atom stereocenters. The van der Waals surface area contributed by atoms with Gasteiger partial charge >= 0.3 is 6.18 Å². The number of para-hydroxylation sites is 1. The fourth-order valence-corrected chi connectivity index (χ4v) is 4.13. The second-order valence-electron chi connectivity index (χ2n) is 7.66. The van der Waals surface area contributed by atoms with Crippen LogP contribution in [0.2, 0.25) is 0 Å². The van der Waals surface area contributed by atoms with E-state index < -0.39 is 23.1 Å². The monoisotopic (exact) mass is 532 g/mol. The Labute approximate surface area is 199 Å². The van der Waals surface area contributed by atoms with E-state index in [2.05, 4.69) is 20.9 Å². The molecule has 0 N–H and O–H groups in total. The highest BCUT2D eigenvalue weighted by atomic mass is 79.9. The van der Waals surface area contributed by atoms with Crippen LogP contribution < -0.4 is 14.9 Å². The molecule has 1 aliphatic rings. The maximum atomic E-state index is 14.0. The van der Waals surface area contributed by atoms with E-state index in [0.717, 1.165) is 5.56 Å². The number of ether oxygens (including phenoxy) is 2. The van der Waals surface area contributed by atoms with Crippen LogP contribution in [-0.4, -0.2) is 16.6 Å². The molecule has 6 nitrogen and oxygen atoms in total. The van der Waals surface area contributed by atoms with Gasteiger partial charge in [-0.1, -0.05) is 18.2 Å². The molecular weight excluding hydrogens is 517 g/mol. The molecule has 4 aromatic rings. The van der Waals surface area contributed by atoms with E-state index in [1.54, 1.807) is 42.7 Å². The average Bonchev–Trinajstić information content (AvgIpc) is 2.81. The van der Waals surface area contributed by atoms with E-state index in [0.29, 0.717) is 22.3 Å². The summed E-state index contributed by atoms with van der Waals surface area (Å²) < 4.78 is 58.9. The number of halogens is 4. The minimum Gasteiger partial charge on any atom is -0.478 e. The van der Waals surface area contributed by atoms with Crippen LogP contribution in [0.25, 0.3) is 11.0 Å². The third-order valence-corrected chi connectivity index (χ3v) is 5.95. The van der Waals surface area contributed by atoms with Gasteiger partial charge in [-0.25, -0.2) is 0 Å². The summed E-state index contributed by atoms with van der Waals surface area (Å²) in [4.78, 5) is 19.2. The molecule has 3 heterocycles. The summed E-state index contributed by atoms with van der Waals surface area (Å²) in [7, 11) is 0. The number of fused-ring (bicyclic) bond motifs is 3. The van der Waals surface area contributed by atoms with Crippen molar-refractivity contribution in [1.82, 2.24) is 9.88 Å². The molecule has 1 aliphatic heterocycles. The van der Waals surface area contributed by atoms with Gasteiger partial charge in [-0.3, -0.25) is 14.7 Å². The van der Waals surface area contributed by atoms with Gasteiger partial charge in [0.25, 0.3) is 5.76 Å². The first-order valence-corrected chi connectivity index (χ1v) is 11.0. The van der Waals surface area contributed by atoms with Crippen molar-refractivity contribution in [3.05, 3.63) is 92.5 Å². The SMILES string of the molecule is O=c1c(Oc2ccccc2Br)c(C(F)(F)F)oc2c3c(ccc12)OCN(Cc1cccnc1)C3. The number of rotatable bonds is 4. The van der Waals surface area contributed by atoms with Gasteiger partial charge in [0.05, 0.1) is 15.4 Å². The minimum atomic E-state index is -4.96. The lowest BCUT2D eigenvalue weighted by Gasteiger charge is -2.29. The van der Waals surface area contributed by atoms with Gasteiger partial charge in [-0.15, -0.1) is 0 Å². The fraction of sp³-hybridized carbons (Fsp3) is 0.167. The van der Waals surface area contributed by atoms with Crippen molar-refractivity contribution in [2.75, 3.05) is 6.73 Å². The highest BCUT2D eigenvalue weighted by molar-refractivity contribution is 9.10. The van der Waals surface area contributed by atoms with Crippen molar-refractivity contribution in [2.45, 2.75) is 19.3 Å². The molecule has 0 spiro atoms. The zero-order valence-electron chi connectivity index (χ0n) is 17.4. The highest BCUT2D eigenvalue weighted by Gasteiger charge is 2.41. The Morgan fingerprint density at radius 3 is 2.68 bits per heavy atom. The number of alkyl halides is 3. The summed E-state index contributed by atoms with van der Waals surface area (Å²) in [5.41, 5.74) is 0.181. The van der Waals surface area contributed by atoms with Gasteiger partial charge in [-0.05, 0) is 51.8 Å². The number of aromatic nitrogens is 1. The second-order valence-corrected chi connectivity index (χ2v) is 8.51. The largest absolute Gasteiger partial charge is 0.478 e. The Kier molecular flexibility index (Phi) is 5.78. The van der Waals surface area contributed by atoms with Crippen molar-refractivity contribution >= 4 is 26.9 Å². The van der Waals surface area contributed by atoms with Gasteiger partial charge in [0.15, 0.2) is 0 Å². The number of hydrogen-bond acceptors (Lipinski definition) is 6. The molecule has 0 saturated heterocycles. The summed E-state index contributed by atoms with van der Waals surface area (Å²) in [5.74, 6) is -2.00. The van der Waals surface area contributed by atoms with Crippen LogP contribution in [-0.2, 0) is 19.3 Å². The van der Waals surface area contributed by atoms with Gasteiger partial charge in [0.1, 0.15) is 23.8 Å². The Morgan fingerprint density at radius 2 is 1.94 bits per heavy atom. The lowest BCUT2D eigenvalue weighted by atomic mass is 10.1. The molecule has 2 aromatic heterocycles. The molecule has 10 heteroatoms. The molecule has 5 rings (SSSR count). The van der Waals surface area contributed by atoms with E-state index >= 15 is 0 Å². The third kappa shape index (κ3) is 4.26. The first-order chi connectivity index (χ1) is 16.3. The Morgan fingerprint density at radius 1 is 1.12 bits per heavy atom. The van der Waals surface area contributed by atoms with Crippen molar-refractivity contribution in [3.8, 4) is 17.2 Å². The van der Waals surface area contributed by atoms with E-state index in [1.807, 2.05) is 11.0 Å². The summed E-state index contributed by atoms with van der Waals surface area (Å²) in [6.07, 6.45) is -1.61. The maximum absolute atomic E-state index is 14.0. The van der Waals surface area contributed by atoms with Crippen LogP contribution in [0.1, 0.15) is 16.9 Å². The Balaban J connectivity index is 1.61. The topological polar surface area (TPSA) is 64.8 Å². The lowest BCUT2D eigenvalue weighted by molar-refractivity contribution is -0.154. The van der Waals surface area contributed by atoms with Crippen molar-refractivity contribution in [1.29, 1.82) is 0 Å². The van der Waals surface area contributed by atoms with Gasteiger partial charge in [-0.2, -0.15) is 13.2 Å². The van der Waals surface area contributed by atoms with Crippen molar-refractivity contribution in [3.63, 3.8) is 0 Å². The second kappa shape index (κ2) is 8.77. The predicted molar refractivity (Wildman–Crippen MR) is 121 cm³/mol. The van der Waals surface area contributed by atoms with Crippen molar-refractivity contribution < 1.29 is 27.1 Å². The Bertz CT molecular complexity index is 1420. The summed E-state index contributed by atoms with van der Waals surface area (Å²) in [6.45, 7) is 0.919. The van der Waals surface area contributed by atoms with E-state index in [1.165, 1.54) is 12.1 Å². The fourth-order valence-electron chi connectivity index (χ4n) is 3.76. The van der Waals surface area contributed by atoms with Crippen LogP contribution in [0.5, 0.6) is 17.2 Å². The smallest absolute Gasteiger partial charge is 0.453 e. The number of benzene rings is 2. The predicted octanol–water partition coefficient (Wildman–Crippen LogP) is 6.11. The summed E-state index contributed by atoms with van der Waals surface area (Å²) in [5, 5.41) is -0.0272. The molecule has 0 bridgehead atoms. The molecular formula is C24H16BrF3N2O4.